The van der Waals surface area contributed by atoms with Gasteiger partial charge in [-0.15, -0.1) is 0 Å². The summed E-state index contributed by atoms with van der Waals surface area (Å²) < 4.78 is 5.02. The van der Waals surface area contributed by atoms with Crippen molar-refractivity contribution in [3.63, 3.8) is 0 Å². The number of carbonyl (C=O) groups is 1. The summed E-state index contributed by atoms with van der Waals surface area (Å²) in [4.78, 5) is 11.2. The summed E-state index contributed by atoms with van der Waals surface area (Å²) in [6.07, 6.45) is 2.27. The minimum Gasteiger partial charge on any atom is -0.458 e. The van der Waals surface area contributed by atoms with Crippen molar-refractivity contribution < 1.29 is 9.53 Å². The van der Waals surface area contributed by atoms with Gasteiger partial charge in [0, 0.05) is 0 Å². The van der Waals surface area contributed by atoms with E-state index < -0.39 is 0 Å². The van der Waals surface area contributed by atoms with E-state index in [-0.39, 0.29) is 12.1 Å². The third-order valence-corrected chi connectivity index (χ3v) is 2.23. The lowest BCUT2D eigenvalue weighted by Gasteiger charge is -2.18. The summed E-state index contributed by atoms with van der Waals surface area (Å²) in [6, 6.07) is 9.94. The first kappa shape index (κ1) is 9.00. The zero-order valence-electron chi connectivity index (χ0n) is 8.07. The van der Waals surface area contributed by atoms with Gasteiger partial charge in [-0.1, -0.05) is 30.3 Å². The quantitative estimate of drug-likeness (QED) is 0.632. The molecule has 1 aromatic carbocycles. The zero-order valence-corrected chi connectivity index (χ0v) is 8.07. The van der Waals surface area contributed by atoms with Crippen LogP contribution < -0.4 is 0 Å². The maximum atomic E-state index is 11.2. The average Bonchev–Trinajstić information content (AvgIpc) is 2.18. The van der Waals surface area contributed by atoms with Crippen LogP contribution in [0.1, 0.15) is 18.9 Å². The van der Waals surface area contributed by atoms with E-state index in [2.05, 4.69) is 0 Å². The molecular formula is C12H12O2. The van der Waals surface area contributed by atoms with Crippen molar-refractivity contribution in [1.82, 2.24) is 0 Å². The summed E-state index contributed by atoms with van der Waals surface area (Å²) in [6.45, 7) is 1.88. The molecular weight excluding hydrogens is 176 g/mol. The highest BCUT2D eigenvalue weighted by molar-refractivity contribution is 5.87. The van der Waals surface area contributed by atoms with Gasteiger partial charge in [0.1, 0.15) is 6.10 Å². The maximum Gasteiger partial charge on any atom is 0.310 e. The molecule has 1 heterocycles. The van der Waals surface area contributed by atoms with Crippen LogP contribution in [-0.2, 0) is 9.53 Å². The molecule has 0 N–H and O–H groups in total. The highest BCUT2D eigenvalue weighted by atomic mass is 16.5. The van der Waals surface area contributed by atoms with Gasteiger partial charge >= 0.3 is 5.97 Å². The van der Waals surface area contributed by atoms with Crippen LogP contribution in [0.25, 0.3) is 5.57 Å². The third-order valence-electron chi connectivity index (χ3n) is 2.23. The van der Waals surface area contributed by atoms with Crippen molar-refractivity contribution in [2.24, 2.45) is 0 Å². The Morgan fingerprint density at radius 1 is 1.29 bits per heavy atom. The second-order valence-corrected chi connectivity index (χ2v) is 3.43. The first-order valence-corrected chi connectivity index (χ1v) is 4.71. The molecule has 0 radical (unpaired) electrons. The van der Waals surface area contributed by atoms with E-state index in [1.165, 1.54) is 0 Å². The van der Waals surface area contributed by atoms with Gasteiger partial charge < -0.3 is 4.74 Å². The molecule has 0 spiro atoms. The van der Waals surface area contributed by atoms with Gasteiger partial charge in [-0.05, 0) is 24.1 Å². The number of carbonyl (C=O) groups excluding carboxylic acids is 1. The van der Waals surface area contributed by atoms with E-state index in [0.717, 1.165) is 11.1 Å². The molecule has 0 amide bonds. The number of ether oxygens (including phenoxy) is 1. The zero-order chi connectivity index (χ0) is 9.97. The molecule has 1 aliphatic heterocycles. The fourth-order valence-corrected chi connectivity index (χ4v) is 1.63. The summed E-state index contributed by atoms with van der Waals surface area (Å²) >= 11 is 0. The van der Waals surface area contributed by atoms with Crippen LogP contribution in [-0.4, -0.2) is 12.1 Å². The predicted octanol–water partition coefficient (Wildman–Crippen LogP) is 2.41. The van der Waals surface area contributed by atoms with Gasteiger partial charge in [-0.2, -0.15) is 0 Å². The number of hydrogen-bond acceptors (Lipinski definition) is 2. The van der Waals surface area contributed by atoms with E-state index in [1.54, 1.807) is 0 Å². The molecule has 2 rings (SSSR count). The molecule has 1 aromatic rings. The minimum atomic E-state index is -0.140. The van der Waals surface area contributed by atoms with Crippen molar-refractivity contribution in [2.45, 2.75) is 19.4 Å². The Labute approximate surface area is 83.2 Å². The van der Waals surface area contributed by atoms with Crippen molar-refractivity contribution >= 4 is 11.5 Å². The molecule has 2 nitrogen and oxygen atoms in total. The van der Waals surface area contributed by atoms with Gasteiger partial charge in [0.15, 0.2) is 0 Å². The van der Waals surface area contributed by atoms with Crippen LogP contribution in [0.4, 0.5) is 0 Å². The molecule has 1 aliphatic rings. The van der Waals surface area contributed by atoms with Crippen molar-refractivity contribution in [3.8, 4) is 0 Å². The first-order valence-electron chi connectivity index (χ1n) is 4.71. The van der Waals surface area contributed by atoms with E-state index >= 15 is 0 Å². The third kappa shape index (κ3) is 1.84. The summed E-state index contributed by atoms with van der Waals surface area (Å²) in [7, 11) is 0. The number of esters is 1. The molecule has 1 atom stereocenters. The molecule has 0 aliphatic carbocycles. The van der Waals surface area contributed by atoms with Crippen LogP contribution in [0.15, 0.2) is 36.4 Å². The number of cyclic esters (lactones) is 1. The van der Waals surface area contributed by atoms with E-state index in [9.17, 15) is 4.79 Å². The SMILES string of the molecule is CC1C=C(c2ccccc2)CC(=O)O1. The smallest absolute Gasteiger partial charge is 0.310 e. The lowest BCUT2D eigenvalue weighted by molar-refractivity contribution is -0.145. The molecule has 0 aromatic heterocycles. The molecule has 0 bridgehead atoms. The van der Waals surface area contributed by atoms with Crippen LogP contribution in [0.2, 0.25) is 0 Å². The topological polar surface area (TPSA) is 26.3 Å². The van der Waals surface area contributed by atoms with Gasteiger partial charge in [-0.3, -0.25) is 4.79 Å². The molecule has 14 heavy (non-hydrogen) atoms. The Hall–Kier alpha value is -1.57. The summed E-state index contributed by atoms with van der Waals surface area (Å²) in [5, 5.41) is 0. The van der Waals surface area contributed by atoms with Crippen LogP contribution in [0.3, 0.4) is 0 Å². The number of benzene rings is 1. The summed E-state index contributed by atoms with van der Waals surface area (Å²) in [5.74, 6) is -0.140. The highest BCUT2D eigenvalue weighted by Crippen LogP contribution is 2.23. The minimum absolute atomic E-state index is 0.105. The number of rotatable bonds is 1. The van der Waals surface area contributed by atoms with E-state index in [1.807, 2.05) is 43.3 Å². The first-order chi connectivity index (χ1) is 6.75. The highest BCUT2D eigenvalue weighted by Gasteiger charge is 2.18. The molecule has 0 fully saturated rings. The predicted molar refractivity (Wildman–Crippen MR) is 54.6 cm³/mol. The Bertz CT molecular complexity index is 365. The van der Waals surface area contributed by atoms with Gasteiger partial charge in [0.25, 0.3) is 0 Å². The Kier molecular flexibility index (Phi) is 2.35. The van der Waals surface area contributed by atoms with Crippen molar-refractivity contribution in [1.29, 1.82) is 0 Å². The van der Waals surface area contributed by atoms with Crippen LogP contribution in [0, 0.1) is 0 Å². The average molecular weight is 188 g/mol. The van der Waals surface area contributed by atoms with Gasteiger partial charge in [0.05, 0.1) is 6.42 Å². The van der Waals surface area contributed by atoms with Crippen molar-refractivity contribution in [2.75, 3.05) is 0 Å². The molecule has 2 heteroatoms. The molecule has 72 valence electrons. The Morgan fingerprint density at radius 3 is 2.64 bits per heavy atom. The largest absolute Gasteiger partial charge is 0.458 e. The van der Waals surface area contributed by atoms with Crippen LogP contribution in [0.5, 0.6) is 0 Å². The number of hydrogen-bond donors (Lipinski definition) is 0. The fourth-order valence-electron chi connectivity index (χ4n) is 1.63. The Morgan fingerprint density at radius 2 is 2.00 bits per heavy atom. The standard InChI is InChI=1S/C12H12O2/c1-9-7-11(8-12(13)14-9)10-5-3-2-4-6-10/h2-7,9H,8H2,1H3. The van der Waals surface area contributed by atoms with Gasteiger partial charge in [0.2, 0.25) is 0 Å². The monoisotopic (exact) mass is 188 g/mol. The van der Waals surface area contributed by atoms with E-state index in [0.29, 0.717) is 6.42 Å². The molecule has 1 unspecified atom stereocenters. The van der Waals surface area contributed by atoms with Crippen molar-refractivity contribution in [3.05, 3.63) is 42.0 Å². The maximum absolute atomic E-state index is 11.2. The van der Waals surface area contributed by atoms with Crippen LogP contribution >= 0.6 is 0 Å². The summed E-state index contributed by atoms with van der Waals surface area (Å²) in [5.41, 5.74) is 2.17. The fraction of sp³-hybridized carbons (Fsp3) is 0.250. The van der Waals surface area contributed by atoms with Gasteiger partial charge in [-0.25, -0.2) is 0 Å². The lowest BCUT2D eigenvalue weighted by Crippen LogP contribution is -2.18. The Balaban J connectivity index is 2.31. The lowest BCUT2D eigenvalue weighted by atomic mass is 9.99. The second kappa shape index (κ2) is 3.66. The second-order valence-electron chi connectivity index (χ2n) is 3.43. The normalized spacial score (nSPS) is 21.4. The van der Waals surface area contributed by atoms with E-state index in [4.69, 9.17) is 4.74 Å². The molecule has 0 saturated carbocycles. The molecule has 0 saturated heterocycles.